The number of carbonyl (C=O) groups is 1. The summed E-state index contributed by atoms with van der Waals surface area (Å²) in [6, 6.07) is 3.30. The first kappa shape index (κ1) is 11.4. The van der Waals surface area contributed by atoms with E-state index < -0.39 is 12.0 Å². The predicted molar refractivity (Wildman–Crippen MR) is 62.7 cm³/mol. The third-order valence-electron chi connectivity index (χ3n) is 2.74. The molecule has 1 aliphatic rings. The maximum absolute atomic E-state index is 10.9. The molecule has 1 heterocycles. The number of hydrogen-bond donors (Lipinski definition) is 2. The lowest BCUT2D eigenvalue weighted by atomic mass is 9.95. The van der Waals surface area contributed by atoms with E-state index in [0.29, 0.717) is 13.0 Å². The Hall–Kier alpha value is -1.07. The van der Waals surface area contributed by atoms with Gasteiger partial charge in [-0.3, -0.25) is 4.79 Å². The van der Waals surface area contributed by atoms with Crippen LogP contribution in [0.2, 0.25) is 0 Å². The summed E-state index contributed by atoms with van der Waals surface area (Å²) in [5.74, 6) is -0.0328. The highest BCUT2D eigenvalue weighted by atomic mass is 79.9. The van der Waals surface area contributed by atoms with E-state index in [1.807, 2.05) is 12.1 Å². The molecule has 1 aromatic carbocycles. The Morgan fingerprint density at radius 1 is 1.62 bits per heavy atom. The lowest BCUT2D eigenvalue weighted by Gasteiger charge is -2.24. The monoisotopic (exact) mass is 285 g/mol. The Morgan fingerprint density at radius 3 is 3.00 bits per heavy atom. The molecule has 0 bridgehead atoms. The van der Waals surface area contributed by atoms with E-state index in [2.05, 4.69) is 21.2 Å². The number of rotatable bonds is 2. The maximum atomic E-state index is 10.9. The van der Waals surface area contributed by atoms with Crippen LogP contribution in [0.3, 0.4) is 0 Å². The second-order valence-electron chi connectivity index (χ2n) is 3.72. The zero-order valence-electron chi connectivity index (χ0n) is 8.79. The van der Waals surface area contributed by atoms with E-state index in [-0.39, 0.29) is 0 Å². The summed E-state index contributed by atoms with van der Waals surface area (Å²) in [5, 5.41) is 11.9. The zero-order valence-corrected chi connectivity index (χ0v) is 10.4. The van der Waals surface area contributed by atoms with Gasteiger partial charge in [0.05, 0.1) is 7.11 Å². The fourth-order valence-corrected chi connectivity index (χ4v) is 2.50. The van der Waals surface area contributed by atoms with Crippen LogP contribution < -0.4 is 10.1 Å². The van der Waals surface area contributed by atoms with Gasteiger partial charge in [0, 0.05) is 11.0 Å². The van der Waals surface area contributed by atoms with Gasteiger partial charge >= 0.3 is 5.97 Å². The quantitative estimate of drug-likeness (QED) is 0.866. The van der Waals surface area contributed by atoms with Crippen LogP contribution in [0.1, 0.15) is 11.1 Å². The third kappa shape index (κ3) is 2.05. The molecule has 0 aromatic heterocycles. The van der Waals surface area contributed by atoms with Crippen LogP contribution >= 0.6 is 15.9 Å². The number of ether oxygens (including phenoxy) is 1. The Bertz CT molecular complexity index is 433. The second kappa shape index (κ2) is 4.43. The van der Waals surface area contributed by atoms with Gasteiger partial charge in [0.2, 0.25) is 0 Å². The van der Waals surface area contributed by atoms with Crippen molar-refractivity contribution in [2.75, 3.05) is 7.11 Å². The third-order valence-corrected chi connectivity index (χ3v) is 3.45. The summed E-state index contributed by atoms with van der Waals surface area (Å²) in [6.07, 6.45) is 0.495. The normalized spacial score (nSPS) is 19.0. The van der Waals surface area contributed by atoms with Crippen LogP contribution in [0.4, 0.5) is 0 Å². The van der Waals surface area contributed by atoms with Crippen molar-refractivity contribution < 1.29 is 14.6 Å². The molecule has 5 heteroatoms. The number of aliphatic carboxylic acids is 1. The van der Waals surface area contributed by atoms with Crippen LogP contribution in [-0.4, -0.2) is 24.2 Å². The molecule has 0 spiro atoms. The zero-order chi connectivity index (χ0) is 11.7. The first-order valence-corrected chi connectivity index (χ1v) is 5.72. The molecule has 0 amide bonds. The summed E-state index contributed by atoms with van der Waals surface area (Å²) in [7, 11) is 1.62. The van der Waals surface area contributed by atoms with E-state index >= 15 is 0 Å². The number of halogens is 1. The van der Waals surface area contributed by atoms with Crippen molar-refractivity contribution in [1.82, 2.24) is 5.32 Å². The van der Waals surface area contributed by atoms with Crippen molar-refractivity contribution >= 4 is 21.9 Å². The summed E-state index contributed by atoms with van der Waals surface area (Å²) in [6.45, 7) is 0.558. The van der Waals surface area contributed by atoms with E-state index in [9.17, 15) is 4.79 Å². The molecule has 0 radical (unpaired) electrons. The minimum absolute atomic E-state index is 0.495. The number of carboxylic acids is 1. The van der Waals surface area contributed by atoms with Gasteiger partial charge in [-0.2, -0.15) is 0 Å². The molecular weight excluding hydrogens is 274 g/mol. The van der Waals surface area contributed by atoms with E-state index in [4.69, 9.17) is 9.84 Å². The Morgan fingerprint density at radius 2 is 2.38 bits per heavy atom. The molecule has 0 fully saturated rings. The van der Waals surface area contributed by atoms with Crippen molar-refractivity contribution in [3.8, 4) is 5.75 Å². The van der Waals surface area contributed by atoms with Crippen molar-refractivity contribution in [3.63, 3.8) is 0 Å². The van der Waals surface area contributed by atoms with Gasteiger partial charge in [-0.25, -0.2) is 0 Å². The SMILES string of the molecule is COc1cc(Br)c2c(c1)CNC(C(=O)O)C2. The minimum Gasteiger partial charge on any atom is -0.497 e. The lowest BCUT2D eigenvalue weighted by Crippen LogP contribution is -2.41. The van der Waals surface area contributed by atoms with Crippen LogP contribution in [0.25, 0.3) is 0 Å². The molecule has 1 aliphatic heterocycles. The summed E-state index contributed by atoms with van der Waals surface area (Å²) in [5.41, 5.74) is 2.13. The van der Waals surface area contributed by atoms with Crippen LogP contribution in [0.15, 0.2) is 16.6 Å². The van der Waals surface area contributed by atoms with Crippen molar-refractivity contribution in [1.29, 1.82) is 0 Å². The minimum atomic E-state index is -0.812. The molecule has 1 atom stereocenters. The smallest absolute Gasteiger partial charge is 0.321 e. The summed E-state index contributed by atoms with van der Waals surface area (Å²) >= 11 is 3.45. The highest BCUT2D eigenvalue weighted by Crippen LogP contribution is 2.30. The highest BCUT2D eigenvalue weighted by Gasteiger charge is 2.25. The second-order valence-corrected chi connectivity index (χ2v) is 4.58. The molecule has 2 rings (SSSR count). The van der Waals surface area contributed by atoms with E-state index in [0.717, 1.165) is 21.3 Å². The van der Waals surface area contributed by atoms with Crippen LogP contribution in [0, 0.1) is 0 Å². The predicted octanol–water partition coefficient (Wildman–Crippen LogP) is 1.56. The molecule has 2 N–H and O–H groups in total. The molecule has 1 unspecified atom stereocenters. The fourth-order valence-electron chi connectivity index (χ4n) is 1.85. The number of fused-ring (bicyclic) bond motifs is 1. The molecule has 0 aliphatic carbocycles. The van der Waals surface area contributed by atoms with Gasteiger partial charge in [0.1, 0.15) is 11.8 Å². The number of methoxy groups -OCH3 is 1. The van der Waals surface area contributed by atoms with Crippen molar-refractivity contribution in [2.24, 2.45) is 0 Å². The molecule has 1 aromatic rings. The largest absolute Gasteiger partial charge is 0.497 e. The summed E-state index contributed by atoms with van der Waals surface area (Å²) in [4.78, 5) is 10.9. The molecule has 4 nitrogen and oxygen atoms in total. The topological polar surface area (TPSA) is 58.6 Å². The van der Waals surface area contributed by atoms with Gasteiger partial charge in [-0.05, 0) is 29.7 Å². The maximum Gasteiger partial charge on any atom is 0.321 e. The molecule has 86 valence electrons. The highest BCUT2D eigenvalue weighted by molar-refractivity contribution is 9.10. The number of hydrogen-bond acceptors (Lipinski definition) is 3. The lowest BCUT2D eigenvalue weighted by molar-refractivity contribution is -0.139. The average molecular weight is 286 g/mol. The number of nitrogens with one attached hydrogen (secondary N) is 1. The Labute approximate surface area is 102 Å². The van der Waals surface area contributed by atoms with Gasteiger partial charge in [-0.15, -0.1) is 0 Å². The number of benzene rings is 1. The first-order valence-electron chi connectivity index (χ1n) is 4.93. The van der Waals surface area contributed by atoms with Gasteiger partial charge in [0.25, 0.3) is 0 Å². The molecule has 0 saturated carbocycles. The van der Waals surface area contributed by atoms with Gasteiger partial charge in [0.15, 0.2) is 0 Å². The summed E-state index contributed by atoms with van der Waals surface area (Å²) < 4.78 is 6.07. The van der Waals surface area contributed by atoms with Crippen LogP contribution in [0.5, 0.6) is 5.75 Å². The van der Waals surface area contributed by atoms with Crippen LogP contribution in [-0.2, 0) is 17.8 Å². The number of carboxylic acid groups (broad SMARTS) is 1. The van der Waals surface area contributed by atoms with E-state index in [1.54, 1.807) is 7.11 Å². The Balaban J connectivity index is 2.35. The molecular formula is C11H12BrNO3. The average Bonchev–Trinajstić information content (AvgIpc) is 2.28. The molecule has 0 saturated heterocycles. The fraction of sp³-hybridized carbons (Fsp3) is 0.364. The van der Waals surface area contributed by atoms with Gasteiger partial charge in [-0.1, -0.05) is 15.9 Å². The first-order chi connectivity index (χ1) is 7.61. The van der Waals surface area contributed by atoms with Crippen molar-refractivity contribution in [3.05, 3.63) is 27.7 Å². The standard InChI is InChI=1S/C11H12BrNO3/c1-16-7-2-6-5-13-10(11(14)15)4-8(6)9(12)3-7/h2-3,10,13H,4-5H2,1H3,(H,14,15). The molecule has 16 heavy (non-hydrogen) atoms. The van der Waals surface area contributed by atoms with Crippen molar-refractivity contribution in [2.45, 2.75) is 19.0 Å². The Kier molecular flexibility index (Phi) is 3.16. The van der Waals surface area contributed by atoms with Gasteiger partial charge < -0.3 is 15.2 Å². The van der Waals surface area contributed by atoms with E-state index in [1.165, 1.54) is 0 Å².